The number of halogens is 1. The van der Waals surface area contributed by atoms with Crippen molar-refractivity contribution < 1.29 is 26.8 Å². The predicted molar refractivity (Wildman–Crippen MR) is 90.6 cm³/mol. The average molecular weight is 394 g/mol. The van der Waals surface area contributed by atoms with Crippen LogP contribution < -0.4 is 4.72 Å². The summed E-state index contributed by atoms with van der Waals surface area (Å²) in [4.78, 5) is 12.3. The second-order valence-corrected chi connectivity index (χ2v) is 9.85. The minimum absolute atomic E-state index is 0.123. The summed E-state index contributed by atoms with van der Waals surface area (Å²) in [6.07, 6.45) is 1.08. The lowest BCUT2D eigenvalue weighted by atomic mass is 9.92. The molecule has 10 heteroatoms. The van der Waals surface area contributed by atoms with Gasteiger partial charge in [0.15, 0.2) is 5.28 Å². The molecule has 7 nitrogen and oxygen atoms in total. The molecule has 1 aromatic carbocycles. The zero-order valence-electron chi connectivity index (χ0n) is 13.3. The van der Waals surface area contributed by atoms with E-state index in [0.29, 0.717) is 0 Å². The summed E-state index contributed by atoms with van der Waals surface area (Å²) in [5.74, 6) is -0.777. The minimum Gasteiger partial charge on any atom is -0.310 e. The van der Waals surface area contributed by atoms with E-state index in [-0.39, 0.29) is 21.9 Å². The first kappa shape index (κ1) is 19.3. The van der Waals surface area contributed by atoms with Crippen LogP contribution in [0.2, 0.25) is 0 Å². The smallest absolute Gasteiger partial charge is 0.310 e. The number of allylic oxidation sites excluding steroid dienone is 1. The number of nitrogens with one attached hydrogen (secondary N) is 1. The molecule has 1 aliphatic carbocycles. The van der Waals surface area contributed by atoms with Crippen molar-refractivity contribution in [1.29, 1.82) is 0 Å². The SMILES string of the molecule is CCS(=O)(=O)NC1(P(=O)(OC)OC)C=C(Cl)C(=O)c2ccccc21. The first-order chi connectivity index (χ1) is 11.2. The van der Waals surface area contributed by atoms with Gasteiger partial charge in [-0.3, -0.25) is 9.36 Å². The first-order valence-electron chi connectivity index (χ1n) is 6.92. The molecule has 1 aromatic rings. The van der Waals surface area contributed by atoms with Gasteiger partial charge in [-0.1, -0.05) is 35.9 Å². The summed E-state index contributed by atoms with van der Waals surface area (Å²) in [6.45, 7) is 1.42. The molecule has 0 radical (unpaired) electrons. The number of benzene rings is 1. The van der Waals surface area contributed by atoms with Crippen LogP contribution in [-0.4, -0.2) is 34.2 Å². The number of ketones is 1. The number of sulfonamides is 1. The topological polar surface area (TPSA) is 98.8 Å². The monoisotopic (exact) mass is 393 g/mol. The van der Waals surface area contributed by atoms with Gasteiger partial charge in [0.2, 0.25) is 15.8 Å². The molecular weight excluding hydrogens is 377 g/mol. The van der Waals surface area contributed by atoms with Gasteiger partial charge in [0.25, 0.3) is 0 Å². The van der Waals surface area contributed by atoms with Crippen LogP contribution in [0, 0.1) is 0 Å². The number of Topliss-reactive ketones (excluding diaryl/α,β-unsaturated/α-hetero) is 1. The molecule has 0 spiro atoms. The molecule has 0 bridgehead atoms. The van der Waals surface area contributed by atoms with Crippen molar-refractivity contribution in [2.45, 2.75) is 12.2 Å². The molecule has 0 aromatic heterocycles. The second-order valence-electron chi connectivity index (χ2n) is 5.00. The van der Waals surface area contributed by atoms with E-state index in [1.54, 1.807) is 12.1 Å². The van der Waals surface area contributed by atoms with Gasteiger partial charge in [-0.25, -0.2) is 8.42 Å². The summed E-state index contributed by atoms with van der Waals surface area (Å²) >= 11 is 6.02. The zero-order valence-corrected chi connectivity index (χ0v) is 15.7. The third kappa shape index (κ3) is 2.98. The normalized spacial score (nSPS) is 21.3. The molecule has 1 atom stereocenters. The van der Waals surface area contributed by atoms with Crippen LogP contribution in [0.15, 0.2) is 35.4 Å². The van der Waals surface area contributed by atoms with Crippen molar-refractivity contribution in [1.82, 2.24) is 4.72 Å². The van der Waals surface area contributed by atoms with Gasteiger partial charge in [0, 0.05) is 25.3 Å². The first-order valence-corrected chi connectivity index (χ1v) is 10.5. The standard InChI is InChI=1S/C14H17ClNO6PS/c1-4-24(19,20)16-14(23(18,21-2)22-3)9-12(15)13(17)10-7-5-6-8-11(10)14/h5-9,16H,4H2,1-3H3. The third-order valence-corrected chi connectivity index (χ3v) is 7.87. The van der Waals surface area contributed by atoms with E-state index in [9.17, 15) is 17.8 Å². The van der Waals surface area contributed by atoms with Gasteiger partial charge in [-0.2, -0.15) is 4.72 Å². The summed E-state index contributed by atoms with van der Waals surface area (Å²) in [7, 11) is -5.69. The van der Waals surface area contributed by atoms with Crippen LogP contribution in [0.4, 0.5) is 0 Å². The number of carbonyl (C=O) groups excluding carboxylic acids is 1. The van der Waals surface area contributed by atoms with Gasteiger partial charge in [0.05, 0.1) is 10.8 Å². The fourth-order valence-electron chi connectivity index (χ4n) is 2.51. The van der Waals surface area contributed by atoms with E-state index in [0.717, 1.165) is 20.3 Å². The van der Waals surface area contributed by atoms with Crippen LogP contribution in [0.1, 0.15) is 22.8 Å². The van der Waals surface area contributed by atoms with E-state index in [1.165, 1.54) is 19.1 Å². The minimum atomic E-state index is -4.10. The van der Waals surface area contributed by atoms with E-state index >= 15 is 0 Å². The molecule has 24 heavy (non-hydrogen) atoms. The predicted octanol–water partition coefficient (Wildman–Crippen LogP) is 2.58. The Kier molecular flexibility index (Phi) is 5.40. The molecule has 0 fully saturated rings. The van der Waals surface area contributed by atoms with Crippen molar-refractivity contribution in [3.63, 3.8) is 0 Å². The average Bonchev–Trinajstić information content (AvgIpc) is 2.58. The molecule has 0 aliphatic heterocycles. The third-order valence-electron chi connectivity index (χ3n) is 3.74. The molecule has 0 saturated heterocycles. The Hall–Kier alpha value is -1.02. The molecular formula is C14H17ClNO6PS. The fraction of sp³-hybridized carbons (Fsp3) is 0.357. The van der Waals surface area contributed by atoms with Gasteiger partial charge < -0.3 is 9.05 Å². The zero-order chi connectivity index (χ0) is 18.2. The highest BCUT2D eigenvalue weighted by Crippen LogP contribution is 2.65. The van der Waals surface area contributed by atoms with Crippen LogP contribution in [-0.2, 0) is 28.9 Å². The summed E-state index contributed by atoms with van der Waals surface area (Å²) in [6, 6.07) is 6.13. The van der Waals surface area contributed by atoms with Crippen molar-refractivity contribution in [3.05, 3.63) is 46.5 Å². The largest absolute Gasteiger partial charge is 0.359 e. The van der Waals surface area contributed by atoms with Crippen LogP contribution in [0.3, 0.4) is 0 Å². The molecule has 1 N–H and O–H groups in total. The highest BCUT2D eigenvalue weighted by molar-refractivity contribution is 7.89. The maximum Gasteiger partial charge on any atom is 0.359 e. The van der Waals surface area contributed by atoms with E-state index in [2.05, 4.69) is 4.72 Å². The highest BCUT2D eigenvalue weighted by atomic mass is 35.5. The fourth-order valence-corrected chi connectivity index (χ4v) is 6.00. The quantitative estimate of drug-likeness (QED) is 0.746. The van der Waals surface area contributed by atoms with E-state index in [4.69, 9.17) is 20.6 Å². The van der Waals surface area contributed by atoms with Crippen molar-refractivity contribution in [3.8, 4) is 0 Å². The van der Waals surface area contributed by atoms with Crippen molar-refractivity contribution >= 4 is 35.0 Å². The van der Waals surface area contributed by atoms with Crippen LogP contribution in [0.25, 0.3) is 0 Å². The van der Waals surface area contributed by atoms with Crippen molar-refractivity contribution in [2.24, 2.45) is 0 Å². The Morgan fingerprint density at radius 1 is 1.25 bits per heavy atom. The Balaban J connectivity index is 2.90. The molecule has 132 valence electrons. The molecule has 2 rings (SSSR count). The maximum atomic E-state index is 13.3. The molecule has 0 heterocycles. The lowest BCUT2D eigenvalue weighted by molar-refractivity contribution is 0.103. The number of hydrogen-bond acceptors (Lipinski definition) is 6. The molecule has 0 saturated carbocycles. The Labute approximate surface area is 145 Å². The Bertz CT molecular complexity index is 845. The van der Waals surface area contributed by atoms with Gasteiger partial charge in [0.1, 0.15) is 0 Å². The molecule has 0 amide bonds. The second kappa shape index (κ2) is 6.71. The Morgan fingerprint density at radius 2 is 1.83 bits per heavy atom. The summed E-state index contributed by atoms with van der Waals surface area (Å²) in [5, 5.41) is -2.21. The van der Waals surface area contributed by atoms with Gasteiger partial charge in [-0.05, 0) is 13.0 Å². The summed E-state index contributed by atoms with van der Waals surface area (Å²) in [5.41, 5.74) is 0.279. The lowest BCUT2D eigenvalue weighted by Crippen LogP contribution is -2.48. The number of rotatable bonds is 6. The lowest BCUT2D eigenvalue weighted by Gasteiger charge is -2.39. The maximum absolute atomic E-state index is 13.3. The van der Waals surface area contributed by atoms with Gasteiger partial charge >= 0.3 is 7.60 Å². The van der Waals surface area contributed by atoms with E-state index < -0.39 is 28.7 Å². The number of carbonyl (C=O) groups is 1. The number of fused-ring (bicyclic) bond motifs is 1. The highest BCUT2D eigenvalue weighted by Gasteiger charge is 2.56. The Morgan fingerprint density at radius 3 is 2.38 bits per heavy atom. The summed E-state index contributed by atoms with van der Waals surface area (Å²) < 4.78 is 50.2. The van der Waals surface area contributed by atoms with Crippen LogP contribution >= 0.6 is 19.2 Å². The van der Waals surface area contributed by atoms with Crippen molar-refractivity contribution in [2.75, 3.05) is 20.0 Å². The van der Waals surface area contributed by atoms with Crippen LogP contribution in [0.5, 0.6) is 0 Å². The van der Waals surface area contributed by atoms with E-state index in [1.807, 2.05) is 0 Å². The molecule has 1 unspecified atom stereocenters. The number of hydrogen-bond donors (Lipinski definition) is 1. The molecule has 1 aliphatic rings. The van der Waals surface area contributed by atoms with Gasteiger partial charge in [-0.15, -0.1) is 0 Å².